The van der Waals surface area contributed by atoms with Crippen LogP contribution in [0.5, 0.6) is 0 Å². The lowest BCUT2D eigenvalue weighted by molar-refractivity contribution is -0.251. The largest absolute Gasteiger partial charge is 0.530 e. The fourth-order valence-corrected chi connectivity index (χ4v) is 1.37. The molecule has 0 fully saturated rings. The summed E-state index contributed by atoms with van der Waals surface area (Å²) in [5.74, 6) is -1.17. The molecule has 7 heteroatoms. The van der Waals surface area contributed by atoms with Crippen molar-refractivity contribution in [2.24, 2.45) is 0 Å². The Morgan fingerprint density at radius 1 is 1.44 bits per heavy atom. The third kappa shape index (κ3) is 4.15. The fourth-order valence-electron chi connectivity index (χ4n) is 1.37. The molecule has 0 aliphatic rings. The number of halogens is 1. The van der Waals surface area contributed by atoms with E-state index in [1.54, 1.807) is 0 Å². The molecule has 1 atom stereocenters. The van der Waals surface area contributed by atoms with Gasteiger partial charge in [-0.3, -0.25) is 4.79 Å². The molecule has 1 rings (SSSR count). The molecule has 0 aliphatic carbocycles. The maximum absolute atomic E-state index is 12.7. The summed E-state index contributed by atoms with van der Waals surface area (Å²) < 4.78 is 12.7. The van der Waals surface area contributed by atoms with Crippen LogP contribution in [0.3, 0.4) is 0 Å². The van der Waals surface area contributed by atoms with Gasteiger partial charge in [-0.05, 0) is 17.7 Å². The van der Waals surface area contributed by atoms with Gasteiger partial charge in [0.05, 0.1) is 0 Å². The third-order valence-electron chi connectivity index (χ3n) is 2.17. The molecule has 1 aromatic rings. The first-order chi connectivity index (χ1) is 8.52. The Bertz CT molecular complexity index is 495. The van der Waals surface area contributed by atoms with Crippen LogP contribution in [0.2, 0.25) is 0 Å². The Labute approximate surface area is 102 Å². The molecule has 1 unspecified atom stereocenters. The van der Waals surface area contributed by atoms with Crippen LogP contribution in [0.15, 0.2) is 24.3 Å². The van der Waals surface area contributed by atoms with Crippen molar-refractivity contribution in [2.45, 2.75) is 12.5 Å². The van der Waals surface area contributed by atoms with Gasteiger partial charge in [0, 0.05) is 6.42 Å². The van der Waals surface area contributed by atoms with E-state index < -0.39 is 23.7 Å². The minimum atomic E-state index is -1.62. The summed E-state index contributed by atoms with van der Waals surface area (Å²) in [6.45, 7) is 0. The quantitative estimate of drug-likeness (QED) is 0.434. The van der Waals surface area contributed by atoms with Crippen molar-refractivity contribution in [1.29, 1.82) is 0 Å². The molecular weight excluding hydrogens is 241 g/mol. The highest BCUT2D eigenvalue weighted by atomic mass is 19.1. The number of hydrogen-bond acceptors (Lipinski definition) is 3. The van der Waals surface area contributed by atoms with E-state index in [1.165, 1.54) is 24.3 Å². The molecule has 6 nitrogen and oxygen atoms in total. The first kappa shape index (κ1) is 13.5. The van der Waals surface area contributed by atoms with E-state index >= 15 is 0 Å². The molecule has 0 aromatic heterocycles. The molecule has 0 saturated carbocycles. The summed E-state index contributed by atoms with van der Waals surface area (Å²) in [4.78, 5) is 24.4. The van der Waals surface area contributed by atoms with Crippen molar-refractivity contribution >= 4 is 18.1 Å². The number of carbonyl (C=O) groups excluding carboxylic acids is 2. The predicted molar refractivity (Wildman–Crippen MR) is 57.1 cm³/mol. The third-order valence-corrected chi connectivity index (χ3v) is 2.17. The highest BCUT2D eigenvalue weighted by molar-refractivity contribution is 6.28. The van der Waals surface area contributed by atoms with Crippen LogP contribution in [0.1, 0.15) is 5.56 Å². The molecule has 0 radical (unpaired) electrons. The lowest BCUT2D eigenvalue weighted by Crippen LogP contribution is -2.48. The van der Waals surface area contributed by atoms with Gasteiger partial charge in [0.1, 0.15) is 18.0 Å². The van der Waals surface area contributed by atoms with Gasteiger partial charge in [-0.25, -0.2) is 4.39 Å². The summed E-state index contributed by atoms with van der Waals surface area (Å²) in [6.07, 6.45) is -1.04. The maximum Gasteiger partial charge on any atom is 0.325 e. The second kappa shape index (κ2) is 6.27. The summed E-state index contributed by atoms with van der Waals surface area (Å²) in [5.41, 5.74) is 8.78. The Kier molecular flexibility index (Phi) is 4.71. The molecular formula is C11H9FN3O3-. The van der Waals surface area contributed by atoms with Gasteiger partial charge < -0.3 is 20.7 Å². The van der Waals surface area contributed by atoms with Crippen LogP contribution in [0, 0.1) is 5.82 Å². The van der Waals surface area contributed by atoms with Gasteiger partial charge in [-0.15, -0.1) is 0 Å². The lowest BCUT2D eigenvalue weighted by atomic mass is 10.0. The Hall–Kier alpha value is -2.53. The van der Waals surface area contributed by atoms with Crippen LogP contribution in [-0.2, 0) is 11.2 Å². The van der Waals surface area contributed by atoms with Crippen molar-refractivity contribution in [3.05, 3.63) is 41.2 Å². The highest BCUT2D eigenvalue weighted by Crippen LogP contribution is 2.06. The van der Waals surface area contributed by atoms with Gasteiger partial charge in [-0.2, -0.15) is 4.79 Å². The van der Waals surface area contributed by atoms with E-state index in [2.05, 4.69) is 4.79 Å². The average Bonchev–Trinajstić information content (AvgIpc) is 2.31. The molecule has 0 bridgehead atoms. The minimum Gasteiger partial charge on any atom is -0.530 e. The van der Waals surface area contributed by atoms with Crippen molar-refractivity contribution in [3.63, 3.8) is 0 Å². The number of ketones is 1. The summed E-state index contributed by atoms with van der Waals surface area (Å²) in [6, 6.07) is 4.08. The Balaban J connectivity index is 2.83. The molecule has 0 aliphatic heterocycles. The van der Waals surface area contributed by atoms with Gasteiger partial charge in [0.15, 0.2) is 0 Å². The van der Waals surface area contributed by atoms with Gasteiger partial charge in [0.2, 0.25) is 0 Å². The molecule has 1 N–H and O–H groups in total. The predicted octanol–water partition coefficient (Wildman–Crippen LogP) is -0.461. The number of benzene rings is 1. The topological polar surface area (TPSA) is 106 Å². The standard InChI is InChI=1S/C11H10FN3O3/c12-8-3-1-7(2-4-8)5-9(15-11(17)18)10(16)6-14-13/h1-4,6,9,15H,5H2,(H,17,18)/p-1. The van der Waals surface area contributed by atoms with E-state index in [0.717, 1.165) is 0 Å². The molecule has 94 valence electrons. The van der Waals surface area contributed by atoms with E-state index in [4.69, 9.17) is 5.53 Å². The number of hydrogen-bond donors (Lipinski definition) is 1. The number of carbonyl (C=O) groups is 2. The number of amides is 1. The fraction of sp³-hybridized carbons (Fsp3) is 0.182. The van der Waals surface area contributed by atoms with Gasteiger partial charge in [-0.1, -0.05) is 12.1 Å². The number of rotatable bonds is 5. The zero-order valence-corrected chi connectivity index (χ0v) is 9.17. The molecule has 0 saturated heterocycles. The number of nitrogens with zero attached hydrogens (tertiary/aromatic N) is 2. The van der Waals surface area contributed by atoms with Crippen LogP contribution in [-0.4, -0.2) is 28.9 Å². The van der Waals surface area contributed by atoms with E-state index in [-0.39, 0.29) is 6.42 Å². The summed E-state index contributed by atoms with van der Waals surface area (Å²) >= 11 is 0. The second-order valence-corrected chi connectivity index (χ2v) is 3.46. The SMILES string of the molecule is [N-]=[N+]=CC(=O)C(Cc1ccc(F)cc1)NC(=O)[O-]. The van der Waals surface area contributed by atoms with Crippen molar-refractivity contribution in [1.82, 2.24) is 5.32 Å². The van der Waals surface area contributed by atoms with E-state index in [1.807, 2.05) is 5.32 Å². The smallest absolute Gasteiger partial charge is 0.325 e. The molecule has 0 spiro atoms. The molecule has 0 heterocycles. The van der Waals surface area contributed by atoms with E-state index in [9.17, 15) is 19.1 Å². The first-order valence-corrected chi connectivity index (χ1v) is 4.96. The molecule has 1 aromatic carbocycles. The van der Waals surface area contributed by atoms with E-state index in [0.29, 0.717) is 11.8 Å². The minimum absolute atomic E-state index is 0.000880. The zero-order valence-electron chi connectivity index (χ0n) is 9.17. The van der Waals surface area contributed by atoms with Gasteiger partial charge in [0.25, 0.3) is 5.78 Å². The van der Waals surface area contributed by atoms with Crippen molar-refractivity contribution in [3.8, 4) is 0 Å². The summed E-state index contributed by atoms with van der Waals surface area (Å²) in [7, 11) is 0. The number of nitrogens with one attached hydrogen (secondary N) is 1. The lowest BCUT2D eigenvalue weighted by Gasteiger charge is -2.15. The zero-order chi connectivity index (χ0) is 13.5. The molecule has 1 amide bonds. The van der Waals surface area contributed by atoms with Crippen LogP contribution < -0.4 is 10.4 Å². The second-order valence-electron chi connectivity index (χ2n) is 3.46. The average molecular weight is 250 g/mol. The molecule has 18 heavy (non-hydrogen) atoms. The number of carboxylic acid groups (broad SMARTS) is 1. The Morgan fingerprint density at radius 3 is 2.56 bits per heavy atom. The van der Waals surface area contributed by atoms with Crippen LogP contribution in [0.25, 0.3) is 5.53 Å². The normalized spacial score (nSPS) is 11.2. The van der Waals surface area contributed by atoms with Crippen LogP contribution in [0.4, 0.5) is 9.18 Å². The maximum atomic E-state index is 12.7. The van der Waals surface area contributed by atoms with Crippen LogP contribution >= 0.6 is 0 Å². The highest BCUT2D eigenvalue weighted by Gasteiger charge is 2.20. The first-order valence-electron chi connectivity index (χ1n) is 4.96. The van der Waals surface area contributed by atoms with Gasteiger partial charge >= 0.3 is 6.21 Å². The van der Waals surface area contributed by atoms with Crippen molar-refractivity contribution < 1.29 is 23.9 Å². The van der Waals surface area contributed by atoms with Crippen molar-refractivity contribution in [2.75, 3.05) is 0 Å². The Morgan fingerprint density at radius 2 is 2.06 bits per heavy atom. The monoisotopic (exact) mass is 250 g/mol. The number of Topliss-reactive ketones (excluding diaryl/α,β-unsaturated/α-hetero) is 1. The summed E-state index contributed by atoms with van der Waals surface area (Å²) in [5, 5.41) is 12.3.